The average molecular weight is 328 g/mol. The van der Waals surface area contributed by atoms with Gasteiger partial charge in [0.05, 0.1) is 17.9 Å². The molecule has 1 unspecified atom stereocenters. The van der Waals surface area contributed by atoms with Crippen molar-refractivity contribution in [2.45, 2.75) is 25.1 Å². The Morgan fingerprint density at radius 2 is 2.39 bits per heavy atom. The lowest BCUT2D eigenvalue weighted by molar-refractivity contribution is -0.109. The van der Waals surface area contributed by atoms with Gasteiger partial charge in [0, 0.05) is 31.1 Å². The molecule has 120 valence electrons. The largest absolute Gasteiger partial charge is 0.313 e. The number of pyridine rings is 1. The summed E-state index contributed by atoms with van der Waals surface area (Å²) in [5, 5.41) is 8.39. The monoisotopic (exact) mass is 328 g/mol. The molecule has 6 heteroatoms. The van der Waals surface area contributed by atoms with Crippen molar-refractivity contribution in [2.24, 2.45) is 0 Å². The van der Waals surface area contributed by atoms with Crippen molar-refractivity contribution in [1.82, 2.24) is 20.1 Å². The van der Waals surface area contributed by atoms with E-state index in [-0.39, 0.29) is 10.4 Å². The lowest BCUT2D eigenvalue weighted by Gasteiger charge is -2.24. The van der Waals surface area contributed by atoms with E-state index in [2.05, 4.69) is 21.5 Å². The second kappa shape index (κ2) is 7.57. The molecule has 0 aliphatic carbocycles. The number of thioether (sulfide) groups is 1. The van der Waals surface area contributed by atoms with Gasteiger partial charge >= 0.3 is 0 Å². The van der Waals surface area contributed by atoms with Gasteiger partial charge in [-0.05, 0) is 42.8 Å². The number of piperidine rings is 1. The minimum absolute atomic E-state index is 0.170. The molecule has 3 heterocycles. The molecule has 0 radical (unpaired) electrons. The highest BCUT2D eigenvalue weighted by Crippen LogP contribution is 2.26. The number of carbonyl (C=O) groups is 1. The Bertz CT molecular complexity index is 696. The van der Waals surface area contributed by atoms with Gasteiger partial charge in [0.25, 0.3) is 0 Å². The SMILES string of the molecule is CC(=O)SC1CCNCC1=Cc1ccn(Cc2ccccn2)n1. The first-order valence-electron chi connectivity index (χ1n) is 7.72. The summed E-state index contributed by atoms with van der Waals surface area (Å²) < 4.78 is 1.89. The molecular weight excluding hydrogens is 308 g/mol. The van der Waals surface area contributed by atoms with Crippen LogP contribution in [0.25, 0.3) is 6.08 Å². The molecule has 1 fully saturated rings. The lowest BCUT2D eigenvalue weighted by atomic mass is 10.0. The van der Waals surface area contributed by atoms with Crippen LogP contribution in [0, 0.1) is 0 Å². The maximum Gasteiger partial charge on any atom is 0.186 e. The molecule has 0 spiro atoms. The standard InChI is InChI=1S/C17H20N4OS/c1-13(22)23-17-5-8-18-11-14(17)10-15-6-9-21(20-15)12-16-4-2-3-7-19-16/h2-4,6-7,9-10,17-18H,5,8,11-12H2,1H3. The maximum absolute atomic E-state index is 11.4. The summed E-state index contributed by atoms with van der Waals surface area (Å²) >= 11 is 1.42. The van der Waals surface area contributed by atoms with E-state index < -0.39 is 0 Å². The third-order valence-corrected chi connectivity index (χ3v) is 4.83. The van der Waals surface area contributed by atoms with Gasteiger partial charge in [-0.1, -0.05) is 17.8 Å². The lowest BCUT2D eigenvalue weighted by Crippen LogP contribution is -2.32. The van der Waals surface area contributed by atoms with Gasteiger partial charge in [-0.3, -0.25) is 14.5 Å². The van der Waals surface area contributed by atoms with Crippen molar-refractivity contribution in [3.05, 3.63) is 53.6 Å². The first kappa shape index (κ1) is 16.0. The van der Waals surface area contributed by atoms with Crippen molar-refractivity contribution < 1.29 is 4.79 Å². The molecule has 5 nitrogen and oxygen atoms in total. The molecule has 2 aromatic rings. The highest BCUT2D eigenvalue weighted by molar-refractivity contribution is 8.14. The van der Waals surface area contributed by atoms with Crippen LogP contribution in [-0.2, 0) is 11.3 Å². The number of aromatic nitrogens is 3. The molecule has 0 amide bonds. The summed E-state index contributed by atoms with van der Waals surface area (Å²) in [5.74, 6) is 0. The van der Waals surface area contributed by atoms with Crippen molar-refractivity contribution in [2.75, 3.05) is 13.1 Å². The number of carbonyl (C=O) groups excluding carboxylic acids is 1. The molecule has 3 rings (SSSR count). The smallest absolute Gasteiger partial charge is 0.186 e. The number of nitrogens with zero attached hydrogens (tertiary/aromatic N) is 3. The van der Waals surface area contributed by atoms with Crippen molar-refractivity contribution in [3.8, 4) is 0 Å². The first-order chi connectivity index (χ1) is 11.2. The zero-order valence-corrected chi connectivity index (χ0v) is 13.9. The molecule has 1 saturated heterocycles. The zero-order chi connectivity index (χ0) is 16.1. The number of hydrogen-bond acceptors (Lipinski definition) is 5. The van der Waals surface area contributed by atoms with Gasteiger partial charge in [0.2, 0.25) is 0 Å². The van der Waals surface area contributed by atoms with Gasteiger partial charge in [-0.2, -0.15) is 5.10 Å². The topological polar surface area (TPSA) is 59.8 Å². The van der Waals surface area contributed by atoms with Crippen molar-refractivity contribution in [3.63, 3.8) is 0 Å². The van der Waals surface area contributed by atoms with Crippen molar-refractivity contribution >= 4 is 23.0 Å². The van der Waals surface area contributed by atoms with Crippen LogP contribution in [0.1, 0.15) is 24.7 Å². The van der Waals surface area contributed by atoms with E-state index in [1.165, 1.54) is 17.3 Å². The van der Waals surface area contributed by atoms with Gasteiger partial charge in [0.15, 0.2) is 5.12 Å². The summed E-state index contributed by atoms with van der Waals surface area (Å²) in [6.07, 6.45) is 6.83. The fraction of sp³-hybridized carbons (Fsp3) is 0.353. The number of hydrogen-bond donors (Lipinski definition) is 1. The van der Waals surface area contributed by atoms with Gasteiger partial charge in [0.1, 0.15) is 0 Å². The van der Waals surface area contributed by atoms with Crippen LogP contribution in [0.15, 0.2) is 42.2 Å². The minimum atomic E-state index is 0.170. The second-order valence-corrected chi connectivity index (χ2v) is 6.92. The van der Waals surface area contributed by atoms with E-state index in [9.17, 15) is 4.79 Å². The Morgan fingerprint density at radius 1 is 1.48 bits per heavy atom. The molecule has 2 aromatic heterocycles. The highest BCUT2D eigenvalue weighted by Gasteiger charge is 2.21. The van der Waals surface area contributed by atoms with Gasteiger partial charge in [-0.15, -0.1) is 0 Å². The van der Waals surface area contributed by atoms with Crippen LogP contribution >= 0.6 is 11.8 Å². The van der Waals surface area contributed by atoms with E-state index in [1.54, 1.807) is 13.1 Å². The molecule has 1 N–H and O–H groups in total. The summed E-state index contributed by atoms with van der Waals surface area (Å²) in [5.41, 5.74) is 3.15. The Balaban J connectivity index is 1.72. The third kappa shape index (κ3) is 4.53. The van der Waals surface area contributed by atoms with E-state index in [0.29, 0.717) is 6.54 Å². The molecule has 23 heavy (non-hydrogen) atoms. The summed E-state index contributed by atoms with van der Waals surface area (Å²) in [6.45, 7) is 4.06. The Hall–Kier alpha value is -1.92. The van der Waals surface area contributed by atoms with E-state index >= 15 is 0 Å². The van der Waals surface area contributed by atoms with E-state index in [4.69, 9.17) is 0 Å². The fourth-order valence-corrected chi connectivity index (χ4v) is 3.57. The Kier molecular flexibility index (Phi) is 5.25. The first-order valence-corrected chi connectivity index (χ1v) is 8.60. The van der Waals surface area contributed by atoms with Crippen LogP contribution in [0.2, 0.25) is 0 Å². The Labute approximate surface area is 140 Å². The molecule has 0 bridgehead atoms. The van der Waals surface area contributed by atoms with Gasteiger partial charge < -0.3 is 5.32 Å². The third-order valence-electron chi connectivity index (χ3n) is 3.68. The van der Waals surface area contributed by atoms with Crippen LogP contribution in [0.3, 0.4) is 0 Å². The molecule has 0 aromatic carbocycles. The van der Waals surface area contributed by atoms with Crippen LogP contribution in [0.5, 0.6) is 0 Å². The minimum Gasteiger partial charge on any atom is -0.313 e. The molecule has 1 aliphatic heterocycles. The summed E-state index contributed by atoms with van der Waals surface area (Å²) in [7, 11) is 0. The number of rotatable bonds is 4. The predicted octanol–water partition coefficient (Wildman–Crippen LogP) is 2.35. The van der Waals surface area contributed by atoms with E-state index in [1.807, 2.05) is 35.1 Å². The van der Waals surface area contributed by atoms with E-state index in [0.717, 1.165) is 30.9 Å². The zero-order valence-electron chi connectivity index (χ0n) is 13.1. The van der Waals surface area contributed by atoms with Crippen LogP contribution in [-0.4, -0.2) is 38.2 Å². The average Bonchev–Trinajstić information content (AvgIpc) is 2.97. The molecule has 1 atom stereocenters. The highest BCUT2D eigenvalue weighted by atomic mass is 32.2. The fourth-order valence-electron chi connectivity index (χ4n) is 2.63. The van der Waals surface area contributed by atoms with Crippen LogP contribution in [0.4, 0.5) is 0 Å². The molecule has 1 aliphatic rings. The van der Waals surface area contributed by atoms with Crippen LogP contribution < -0.4 is 5.32 Å². The second-order valence-electron chi connectivity index (χ2n) is 5.54. The molecule has 0 saturated carbocycles. The van der Waals surface area contributed by atoms with Gasteiger partial charge in [-0.25, -0.2) is 0 Å². The number of nitrogens with one attached hydrogen (secondary N) is 1. The molecular formula is C17H20N4OS. The maximum atomic E-state index is 11.4. The summed E-state index contributed by atoms with van der Waals surface area (Å²) in [4.78, 5) is 15.7. The quantitative estimate of drug-likeness (QED) is 0.933. The Morgan fingerprint density at radius 3 is 3.17 bits per heavy atom. The predicted molar refractivity (Wildman–Crippen MR) is 93.1 cm³/mol. The normalized spacial score (nSPS) is 19.9. The van der Waals surface area contributed by atoms with Crippen molar-refractivity contribution in [1.29, 1.82) is 0 Å². The summed E-state index contributed by atoms with van der Waals surface area (Å²) in [6, 6.07) is 7.88.